The van der Waals surface area contributed by atoms with Crippen LogP contribution in [0, 0.1) is 5.92 Å². The lowest BCUT2D eigenvalue weighted by molar-refractivity contribution is 0.0947. The van der Waals surface area contributed by atoms with Crippen LogP contribution in [0.25, 0.3) is 10.9 Å². The van der Waals surface area contributed by atoms with Gasteiger partial charge in [-0.15, -0.1) is 11.3 Å². The molecule has 0 aliphatic heterocycles. The smallest absolute Gasteiger partial charge is 0.261 e. The van der Waals surface area contributed by atoms with E-state index in [0.29, 0.717) is 17.9 Å². The maximum absolute atomic E-state index is 12.4. The van der Waals surface area contributed by atoms with Crippen molar-refractivity contribution in [2.75, 3.05) is 30.9 Å². The summed E-state index contributed by atoms with van der Waals surface area (Å²) in [6.07, 6.45) is 4.24. The van der Waals surface area contributed by atoms with E-state index in [1.165, 1.54) is 11.3 Å². The number of carbonyl (C=O) groups excluding carboxylic acids is 1. The second-order valence-corrected chi connectivity index (χ2v) is 11.3. The molecule has 1 aliphatic rings. The normalized spacial score (nSPS) is 18.7. The van der Waals surface area contributed by atoms with Crippen LogP contribution in [0.4, 0.5) is 11.8 Å². The van der Waals surface area contributed by atoms with Crippen molar-refractivity contribution in [3.8, 4) is 0 Å². The molecule has 0 spiro atoms. The highest BCUT2D eigenvalue weighted by Gasteiger charge is 2.23. The Balaban J connectivity index is 1.32. The van der Waals surface area contributed by atoms with Crippen LogP contribution in [0.3, 0.4) is 0 Å². The van der Waals surface area contributed by atoms with Crippen molar-refractivity contribution in [1.82, 2.24) is 15.3 Å². The fourth-order valence-electron chi connectivity index (χ4n) is 3.94. The van der Waals surface area contributed by atoms with Gasteiger partial charge in [-0.05, 0) is 81.7 Å². The first-order valence-corrected chi connectivity index (χ1v) is 12.7. The molecule has 0 unspecified atom stereocenters. The summed E-state index contributed by atoms with van der Waals surface area (Å²) < 4.78 is 1.86. The maximum Gasteiger partial charge on any atom is 0.261 e. The van der Waals surface area contributed by atoms with E-state index in [9.17, 15) is 4.79 Å². The predicted octanol–water partition coefficient (Wildman–Crippen LogP) is 5.68. The number of amides is 1. The van der Waals surface area contributed by atoms with Crippen molar-refractivity contribution in [2.24, 2.45) is 5.92 Å². The van der Waals surface area contributed by atoms with E-state index in [4.69, 9.17) is 9.97 Å². The summed E-state index contributed by atoms with van der Waals surface area (Å²) in [5.41, 5.74) is 0.951. The Kier molecular flexibility index (Phi) is 7.13. The van der Waals surface area contributed by atoms with Gasteiger partial charge in [0.05, 0.1) is 14.2 Å². The summed E-state index contributed by atoms with van der Waals surface area (Å²) in [5, 5.41) is 7.69. The van der Waals surface area contributed by atoms with Crippen molar-refractivity contribution in [3.63, 3.8) is 0 Å². The molecule has 164 valence electrons. The van der Waals surface area contributed by atoms with Gasteiger partial charge in [-0.3, -0.25) is 4.79 Å². The van der Waals surface area contributed by atoms with E-state index in [0.717, 1.165) is 62.1 Å². The lowest BCUT2D eigenvalue weighted by atomic mass is 9.86. The third kappa shape index (κ3) is 5.38. The van der Waals surface area contributed by atoms with Crippen LogP contribution in [-0.4, -0.2) is 42.6 Å². The van der Waals surface area contributed by atoms with Crippen molar-refractivity contribution in [1.29, 1.82) is 0 Å². The lowest BCUT2D eigenvalue weighted by Gasteiger charge is -2.29. The number of hydrogen-bond donors (Lipinski definition) is 2. The standard InChI is InChI=1S/C22H25Br2N5OS/c1-29(2)20-15-5-3-4-6-17(15)27-22(28-20)26-14-9-7-13(8-10-14)12-25-21(30)18-11-16(23)19(24)31-18/h3-6,11,13-14H,7-10,12H2,1-2H3,(H,25,30)(H,26,27,28)/t13-,14+. The van der Waals surface area contributed by atoms with Crippen LogP contribution in [0.1, 0.15) is 35.4 Å². The fraction of sp³-hybridized carbons (Fsp3) is 0.409. The zero-order valence-corrected chi connectivity index (χ0v) is 21.5. The first kappa shape index (κ1) is 22.5. The summed E-state index contributed by atoms with van der Waals surface area (Å²) in [7, 11) is 4.01. The number of para-hydroxylation sites is 1. The van der Waals surface area contributed by atoms with Crippen LogP contribution >= 0.6 is 43.2 Å². The number of nitrogens with zero attached hydrogens (tertiary/aromatic N) is 3. The van der Waals surface area contributed by atoms with E-state index in [1.807, 2.05) is 43.3 Å². The molecule has 6 nitrogen and oxygen atoms in total. The molecule has 1 aliphatic carbocycles. The topological polar surface area (TPSA) is 70.2 Å². The van der Waals surface area contributed by atoms with Crippen LogP contribution in [-0.2, 0) is 0 Å². The van der Waals surface area contributed by atoms with Crippen molar-refractivity contribution in [3.05, 3.63) is 43.5 Å². The SMILES string of the molecule is CN(C)c1nc(N[C@H]2CC[C@@H](CNC(=O)c3cc(Br)c(Br)s3)CC2)nc2ccccc12. The number of benzene rings is 1. The van der Waals surface area contributed by atoms with Gasteiger partial charge in [0.25, 0.3) is 5.91 Å². The molecule has 9 heteroatoms. The minimum Gasteiger partial charge on any atom is -0.362 e. The minimum atomic E-state index is -0.00238. The molecule has 1 saturated carbocycles. The van der Waals surface area contributed by atoms with Gasteiger partial charge in [0.1, 0.15) is 5.82 Å². The van der Waals surface area contributed by atoms with Crippen LogP contribution in [0.2, 0.25) is 0 Å². The molecule has 0 saturated heterocycles. The number of halogens is 2. The van der Waals surface area contributed by atoms with Gasteiger partial charge < -0.3 is 15.5 Å². The highest BCUT2D eigenvalue weighted by molar-refractivity contribution is 9.13. The van der Waals surface area contributed by atoms with E-state index in [1.54, 1.807) is 0 Å². The van der Waals surface area contributed by atoms with E-state index >= 15 is 0 Å². The zero-order valence-electron chi connectivity index (χ0n) is 17.5. The summed E-state index contributed by atoms with van der Waals surface area (Å²) >= 11 is 8.32. The van der Waals surface area contributed by atoms with Crippen molar-refractivity contribution in [2.45, 2.75) is 31.7 Å². The van der Waals surface area contributed by atoms with Crippen LogP contribution in [0.5, 0.6) is 0 Å². The monoisotopic (exact) mass is 565 g/mol. The zero-order chi connectivity index (χ0) is 22.0. The van der Waals surface area contributed by atoms with E-state index in [-0.39, 0.29) is 5.91 Å². The summed E-state index contributed by atoms with van der Waals surface area (Å²) in [4.78, 5) is 24.6. The molecule has 2 N–H and O–H groups in total. The molecule has 1 fully saturated rings. The lowest BCUT2D eigenvalue weighted by Crippen LogP contribution is -2.34. The third-order valence-electron chi connectivity index (χ3n) is 5.61. The van der Waals surface area contributed by atoms with Gasteiger partial charge >= 0.3 is 0 Å². The van der Waals surface area contributed by atoms with Gasteiger partial charge in [0.15, 0.2) is 0 Å². The summed E-state index contributed by atoms with van der Waals surface area (Å²) in [6.45, 7) is 0.718. The number of hydrogen-bond acceptors (Lipinski definition) is 6. The molecule has 2 heterocycles. The Hall–Kier alpha value is -1.71. The average molecular weight is 567 g/mol. The Labute approximate surface area is 203 Å². The van der Waals surface area contributed by atoms with Gasteiger partial charge in [0.2, 0.25) is 5.95 Å². The Bertz CT molecular complexity index is 1060. The minimum absolute atomic E-state index is 0.00238. The van der Waals surface area contributed by atoms with Crippen LogP contribution < -0.4 is 15.5 Å². The number of carbonyl (C=O) groups is 1. The number of aromatic nitrogens is 2. The number of rotatable bonds is 6. The molecule has 4 rings (SSSR count). The van der Waals surface area contributed by atoms with Gasteiger partial charge in [-0.25, -0.2) is 4.98 Å². The number of anilines is 2. The molecule has 1 aromatic carbocycles. The largest absolute Gasteiger partial charge is 0.362 e. The van der Waals surface area contributed by atoms with Crippen LogP contribution in [0.15, 0.2) is 38.6 Å². The molecule has 0 atom stereocenters. The first-order valence-electron chi connectivity index (χ1n) is 10.3. The average Bonchev–Trinajstić information content (AvgIpc) is 3.11. The Morgan fingerprint density at radius 2 is 1.90 bits per heavy atom. The van der Waals surface area contributed by atoms with E-state index < -0.39 is 0 Å². The Morgan fingerprint density at radius 3 is 2.58 bits per heavy atom. The number of thiophene rings is 1. The van der Waals surface area contributed by atoms with E-state index in [2.05, 4.69) is 48.6 Å². The molecule has 0 bridgehead atoms. The molecule has 31 heavy (non-hydrogen) atoms. The number of nitrogens with one attached hydrogen (secondary N) is 2. The first-order chi connectivity index (χ1) is 14.9. The molecule has 0 radical (unpaired) electrons. The second kappa shape index (κ2) is 9.83. The molecular formula is C22H25Br2N5OS. The van der Waals surface area contributed by atoms with Crippen molar-refractivity contribution >= 4 is 71.8 Å². The highest BCUT2D eigenvalue weighted by Crippen LogP contribution is 2.32. The Morgan fingerprint density at radius 1 is 1.16 bits per heavy atom. The third-order valence-corrected chi connectivity index (χ3v) is 8.86. The van der Waals surface area contributed by atoms with Gasteiger partial charge in [-0.2, -0.15) is 4.98 Å². The molecular weight excluding hydrogens is 542 g/mol. The summed E-state index contributed by atoms with van der Waals surface area (Å²) in [6, 6.07) is 10.3. The molecule has 1 amide bonds. The number of fused-ring (bicyclic) bond motifs is 1. The molecule has 3 aromatic rings. The maximum atomic E-state index is 12.4. The fourth-order valence-corrected chi connectivity index (χ4v) is 5.89. The highest BCUT2D eigenvalue weighted by atomic mass is 79.9. The molecule has 2 aromatic heterocycles. The van der Waals surface area contributed by atoms with Crippen molar-refractivity contribution < 1.29 is 4.79 Å². The van der Waals surface area contributed by atoms with Gasteiger partial charge in [-0.1, -0.05) is 12.1 Å². The quantitative estimate of drug-likeness (QED) is 0.401. The second-order valence-electron chi connectivity index (χ2n) is 8.09. The predicted molar refractivity (Wildman–Crippen MR) is 135 cm³/mol. The van der Waals surface area contributed by atoms with Gasteiger partial charge in [0, 0.05) is 36.5 Å². The summed E-state index contributed by atoms with van der Waals surface area (Å²) in [5.74, 6) is 2.12.